The lowest BCUT2D eigenvalue weighted by atomic mass is 9.83. The molecule has 3 fully saturated rings. The van der Waals surface area contributed by atoms with Crippen molar-refractivity contribution in [3.05, 3.63) is 17.8 Å². The predicted molar refractivity (Wildman–Crippen MR) is 158 cm³/mol. The molecule has 0 amide bonds. The molecule has 3 aliphatic rings. The molecule has 13 nitrogen and oxygen atoms in total. The second-order valence-corrected chi connectivity index (χ2v) is 14.6. The highest BCUT2D eigenvalue weighted by Crippen LogP contribution is 2.39. The Bertz CT molecular complexity index is 1370. The lowest BCUT2D eigenvalue weighted by Gasteiger charge is -2.49. The number of carbonyl (C=O) groups is 1. The van der Waals surface area contributed by atoms with E-state index in [1.165, 1.54) is 4.68 Å². The Labute approximate surface area is 248 Å². The molecule has 1 N–H and O–H groups in total. The van der Waals surface area contributed by atoms with Crippen LogP contribution in [0, 0.1) is 6.92 Å². The summed E-state index contributed by atoms with van der Waals surface area (Å²) in [5, 5.41) is 7.60. The number of nitrogens with zero attached hydrogens (tertiary/aromatic N) is 6. The quantitative estimate of drug-likeness (QED) is 0.469. The number of carbonyl (C=O) groups excluding carboxylic acids is 1. The van der Waals surface area contributed by atoms with Crippen LogP contribution in [-0.2, 0) is 19.5 Å². The van der Waals surface area contributed by atoms with Gasteiger partial charge in [0, 0.05) is 49.4 Å². The van der Waals surface area contributed by atoms with Gasteiger partial charge in [-0.05, 0) is 60.3 Å². The topological polar surface area (TPSA) is 141 Å². The van der Waals surface area contributed by atoms with E-state index in [0.717, 1.165) is 25.7 Å². The van der Waals surface area contributed by atoms with Crippen LogP contribution in [0.3, 0.4) is 0 Å². The van der Waals surface area contributed by atoms with Gasteiger partial charge in [0.15, 0.2) is 5.82 Å². The minimum Gasteiger partial charge on any atom is -0.472 e. The number of aryl methyl sites for hydroxylation is 1. The number of piperidine rings is 2. The average Bonchev–Trinajstić information content (AvgIpc) is 3.55. The molecule has 0 radical (unpaired) electrons. The van der Waals surface area contributed by atoms with Crippen LogP contribution < -0.4 is 15.0 Å². The lowest BCUT2D eigenvalue weighted by Crippen LogP contribution is -2.58. The molecule has 4 atom stereocenters. The van der Waals surface area contributed by atoms with Gasteiger partial charge in [-0.2, -0.15) is 19.0 Å². The van der Waals surface area contributed by atoms with Crippen LogP contribution in [0.5, 0.6) is 5.88 Å². The number of anilines is 3. The van der Waals surface area contributed by atoms with Gasteiger partial charge in [0.2, 0.25) is 21.9 Å². The maximum absolute atomic E-state index is 12.9. The van der Waals surface area contributed by atoms with E-state index in [1.807, 2.05) is 11.9 Å². The van der Waals surface area contributed by atoms with Gasteiger partial charge in [0.1, 0.15) is 17.5 Å². The number of sulfonamides is 1. The molecule has 3 saturated heterocycles. The second-order valence-electron chi connectivity index (χ2n) is 12.4. The van der Waals surface area contributed by atoms with Crippen LogP contribution in [-0.4, -0.2) is 94.4 Å². The normalized spacial score (nSPS) is 24.8. The molecule has 0 aromatic carbocycles. The Kier molecular flexibility index (Phi) is 8.68. The van der Waals surface area contributed by atoms with E-state index >= 15 is 0 Å². The lowest BCUT2D eigenvalue weighted by molar-refractivity contribution is 0.0511. The zero-order chi connectivity index (χ0) is 30.2. The van der Waals surface area contributed by atoms with Crippen molar-refractivity contribution in [1.29, 1.82) is 0 Å². The van der Waals surface area contributed by atoms with Crippen molar-refractivity contribution >= 4 is 33.7 Å². The zero-order valence-corrected chi connectivity index (χ0v) is 26.2. The maximum Gasteiger partial charge on any atom is 0.435 e. The highest BCUT2D eigenvalue weighted by Gasteiger charge is 2.45. The van der Waals surface area contributed by atoms with Crippen molar-refractivity contribution in [3.8, 4) is 5.88 Å². The van der Waals surface area contributed by atoms with Crippen molar-refractivity contribution in [2.24, 2.45) is 0 Å². The fraction of sp³-hybridized carbons (Fsp3) is 0.714. The minimum absolute atomic E-state index is 0.0256. The molecule has 0 saturated carbocycles. The molecule has 5 rings (SSSR count). The molecule has 2 aromatic heterocycles. The minimum atomic E-state index is -3.27. The van der Waals surface area contributed by atoms with Crippen LogP contribution in [0.25, 0.3) is 0 Å². The number of rotatable bonds is 8. The molecule has 3 aliphatic heterocycles. The number of aromatic nitrogens is 4. The number of hydrogen-bond donors (Lipinski definition) is 1. The molecule has 2 unspecified atom stereocenters. The number of fused-ring (bicyclic) bond motifs is 2. The third-order valence-corrected chi connectivity index (χ3v) is 9.98. The van der Waals surface area contributed by atoms with Crippen molar-refractivity contribution < 1.29 is 27.4 Å². The van der Waals surface area contributed by atoms with Crippen LogP contribution in [0.1, 0.15) is 71.9 Å². The average molecular weight is 606 g/mol. The SMILES string of the molecule is CCS(=O)(=O)N1[C@@H]2CCC[C@H]1CC(N(C)c1nc(Nc3cc(C)n(C(=O)OC(C)(C)C)n3)cc(OC3CCOC3)n1)C2. The Balaban J connectivity index is 1.40. The summed E-state index contributed by atoms with van der Waals surface area (Å²) in [5.41, 5.74) is -0.0427. The van der Waals surface area contributed by atoms with E-state index < -0.39 is 21.7 Å². The molecular formula is C28H43N7O6S. The van der Waals surface area contributed by atoms with Gasteiger partial charge in [-0.15, -0.1) is 5.10 Å². The molecule has 2 bridgehead atoms. The fourth-order valence-corrected chi connectivity index (χ4v) is 7.61. The van der Waals surface area contributed by atoms with Crippen molar-refractivity contribution in [3.63, 3.8) is 0 Å². The Hall–Kier alpha value is -2.97. The highest BCUT2D eigenvalue weighted by molar-refractivity contribution is 7.89. The molecule has 42 heavy (non-hydrogen) atoms. The van der Waals surface area contributed by atoms with Gasteiger partial charge in [-0.3, -0.25) is 0 Å². The third-order valence-electron chi connectivity index (χ3n) is 8.01. The molecule has 5 heterocycles. The van der Waals surface area contributed by atoms with Gasteiger partial charge < -0.3 is 24.4 Å². The highest BCUT2D eigenvalue weighted by atomic mass is 32.2. The van der Waals surface area contributed by atoms with E-state index in [2.05, 4.69) is 10.4 Å². The number of ether oxygens (including phenoxy) is 3. The Morgan fingerprint density at radius 1 is 1.14 bits per heavy atom. The molecule has 0 spiro atoms. The second kappa shape index (κ2) is 12.0. The van der Waals surface area contributed by atoms with Gasteiger partial charge in [-0.1, -0.05) is 6.42 Å². The molecule has 232 valence electrons. The van der Waals surface area contributed by atoms with Crippen LogP contribution in [0.4, 0.5) is 22.4 Å². The van der Waals surface area contributed by atoms with Crippen molar-refractivity contribution in [2.45, 2.75) is 103 Å². The summed E-state index contributed by atoms with van der Waals surface area (Å²) in [6.45, 7) is 10.0. The van der Waals surface area contributed by atoms with E-state index in [4.69, 9.17) is 24.2 Å². The fourth-order valence-electron chi connectivity index (χ4n) is 6.02. The van der Waals surface area contributed by atoms with Crippen molar-refractivity contribution in [1.82, 2.24) is 24.1 Å². The van der Waals surface area contributed by atoms with Gasteiger partial charge >= 0.3 is 6.09 Å². The summed E-state index contributed by atoms with van der Waals surface area (Å²) in [5.74, 6) is 1.87. The first-order valence-corrected chi connectivity index (χ1v) is 16.4. The number of nitrogens with one attached hydrogen (secondary N) is 1. The standard InChI is InChI=1S/C28H43N7O6S/c1-7-42(37,38)35-19-9-8-10-20(35)15-21(14-19)33(6)26-30-23(16-25(31-26)40-22-11-12-39-17-22)29-24-13-18(2)34(32-24)27(36)41-28(3,4)5/h13,16,19-22H,7-12,14-15,17H2,1-6H3,(H,29,30,31,32)/t19-,20+,21?,22?. The summed E-state index contributed by atoms with van der Waals surface area (Å²) in [6.07, 6.45) is 4.26. The molecule has 2 aromatic rings. The summed E-state index contributed by atoms with van der Waals surface area (Å²) >= 11 is 0. The Morgan fingerprint density at radius 3 is 2.48 bits per heavy atom. The largest absolute Gasteiger partial charge is 0.472 e. The third kappa shape index (κ3) is 6.81. The maximum atomic E-state index is 12.9. The summed E-state index contributed by atoms with van der Waals surface area (Å²) in [6, 6.07) is 3.47. The van der Waals surface area contributed by atoms with E-state index in [1.54, 1.807) is 51.1 Å². The first-order valence-electron chi connectivity index (χ1n) is 14.8. The van der Waals surface area contributed by atoms with Crippen molar-refractivity contribution in [2.75, 3.05) is 36.2 Å². The monoisotopic (exact) mass is 605 g/mol. The number of hydrogen-bond acceptors (Lipinski definition) is 11. The molecular weight excluding hydrogens is 562 g/mol. The molecule has 0 aliphatic carbocycles. The zero-order valence-electron chi connectivity index (χ0n) is 25.4. The van der Waals surface area contributed by atoms with Crippen LogP contribution in [0.2, 0.25) is 0 Å². The first-order chi connectivity index (χ1) is 19.8. The van der Waals surface area contributed by atoms with E-state index in [-0.39, 0.29) is 30.0 Å². The first kappa shape index (κ1) is 30.5. The van der Waals surface area contributed by atoms with Gasteiger partial charge in [0.25, 0.3) is 0 Å². The molecule has 14 heteroatoms. The summed E-state index contributed by atoms with van der Waals surface area (Å²) in [4.78, 5) is 24.2. The summed E-state index contributed by atoms with van der Waals surface area (Å²) in [7, 11) is -1.32. The van der Waals surface area contributed by atoms with Crippen LogP contribution in [0.15, 0.2) is 12.1 Å². The van der Waals surface area contributed by atoms with E-state index in [0.29, 0.717) is 55.2 Å². The van der Waals surface area contributed by atoms with Gasteiger partial charge in [-0.25, -0.2) is 13.2 Å². The summed E-state index contributed by atoms with van der Waals surface area (Å²) < 4.78 is 45.9. The predicted octanol–water partition coefficient (Wildman–Crippen LogP) is 3.85. The van der Waals surface area contributed by atoms with E-state index in [9.17, 15) is 13.2 Å². The Morgan fingerprint density at radius 2 is 1.86 bits per heavy atom. The smallest absolute Gasteiger partial charge is 0.435 e. The van der Waals surface area contributed by atoms with Gasteiger partial charge in [0.05, 0.1) is 19.0 Å². The van der Waals surface area contributed by atoms with Crippen LogP contribution >= 0.6 is 0 Å².